The molecule has 1 saturated carbocycles. The summed E-state index contributed by atoms with van der Waals surface area (Å²) in [6.07, 6.45) is 5.15. The number of halogens is 1. The van der Waals surface area contributed by atoms with E-state index in [1.54, 1.807) is 6.20 Å². The summed E-state index contributed by atoms with van der Waals surface area (Å²) < 4.78 is 5.34. The van der Waals surface area contributed by atoms with Crippen molar-refractivity contribution in [2.45, 2.75) is 44.2 Å². The van der Waals surface area contributed by atoms with E-state index in [4.69, 9.17) is 16.3 Å². The first-order chi connectivity index (χ1) is 13.9. The van der Waals surface area contributed by atoms with Crippen molar-refractivity contribution in [2.75, 3.05) is 36.5 Å². The van der Waals surface area contributed by atoms with Gasteiger partial charge in [-0.25, -0.2) is 4.98 Å². The van der Waals surface area contributed by atoms with Gasteiger partial charge in [0.2, 0.25) is 0 Å². The molecule has 5 rings (SSSR count). The summed E-state index contributed by atoms with van der Waals surface area (Å²) in [5, 5.41) is 23.1. The Kier molecular flexibility index (Phi) is 4.64. The summed E-state index contributed by atoms with van der Waals surface area (Å²) in [6.45, 7) is 5.60. The van der Waals surface area contributed by atoms with Crippen molar-refractivity contribution in [3.63, 3.8) is 0 Å². The molecule has 0 radical (unpaired) electrons. The lowest BCUT2D eigenvalue weighted by atomic mass is 9.78. The van der Waals surface area contributed by atoms with Crippen molar-refractivity contribution < 1.29 is 9.84 Å². The van der Waals surface area contributed by atoms with Gasteiger partial charge in [0.1, 0.15) is 5.15 Å². The minimum absolute atomic E-state index is 0.293. The van der Waals surface area contributed by atoms with E-state index in [1.165, 1.54) is 0 Å². The van der Waals surface area contributed by atoms with Crippen molar-refractivity contribution in [3.8, 4) is 11.3 Å². The minimum Gasteiger partial charge on any atom is -0.390 e. The van der Waals surface area contributed by atoms with Gasteiger partial charge < -0.3 is 20.1 Å². The Hall–Kier alpha value is -1.96. The van der Waals surface area contributed by atoms with Crippen LogP contribution < -0.4 is 10.2 Å². The van der Waals surface area contributed by atoms with Crippen LogP contribution in [-0.2, 0) is 4.74 Å². The van der Waals surface area contributed by atoms with Gasteiger partial charge in [0.25, 0.3) is 0 Å². The van der Waals surface area contributed by atoms with Gasteiger partial charge in [0.15, 0.2) is 5.82 Å². The van der Waals surface area contributed by atoms with Crippen LogP contribution in [0.3, 0.4) is 0 Å². The molecule has 2 aromatic heterocycles. The molecule has 7 nitrogen and oxygen atoms in total. The normalized spacial score (nSPS) is 28.0. The van der Waals surface area contributed by atoms with E-state index in [2.05, 4.69) is 25.4 Å². The zero-order chi connectivity index (χ0) is 20.1. The molecule has 2 saturated heterocycles. The number of anilines is 2. The molecule has 0 unspecified atom stereocenters. The van der Waals surface area contributed by atoms with Gasteiger partial charge in [-0.15, -0.1) is 10.2 Å². The maximum Gasteiger partial charge on any atom is 0.151 e. The van der Waals surface area contributed by atoms with Crippen LogP contribution in [0.1, 0.15) is 32.6 Å². The molecule has 2 aromatic rings. The summed E-state index contributed by atoms with van der Waals surface area (Å²) >= 11 is 6.16. The van der Waals surface area contributed by atoms with Crippen LogP contribution in [0, 0.1) is 5.41 Å². The number of aliphatic hydroxyl groups is 1. The van der Waals surface area contributed by atoms with Gasteiger partial charge in [0, 0.05) is 36.6 Å². The highest BCUT2D eigenvalue weighted by atomic mass is 35.5. The number of hydrogen-bond donors (Lipinski definition) is 2. The molecule has 0 atom stereocenters. The summed E-state index contributed by atoms with van der Waals surface area (Å²) in [6, 6.07) is 6.15. The van der Waals surface area contributed by atoms with Gasteiger partial charge in [0.05, 0.1) is 29.9 Å². The van der Waals surface area contributed by atoms with Crippen molar-refractivity contribution in [1.29, 1.82) is 0 Å². The Morgan fingerprint density at radius 2 is 1.97 bits per heavy atom. The van der Waals surface area contributed by atoms with E-state index in [0.29, 0.717) is 16.6 Å². The quantitative estimate of drug-likeness (QED) is 0.742. The van der Waals surface area contributed by atoms with E-state index in [9.17, 15) is 5.11 Å². The predicted molar refractivity (Wildman–Crippen MR) is 112 cm³/mol. The number of aromatic nitrogens is 3. The Labute approximate surface area is 175 Å². The van der Waals surface area contributed by atoms with Gasteiger partial charge in [-0.3, -0.25) is 0 Å². The molecule has 154 valence electrons. The number of ether oxygens (including phenoxy) is 1. The van der Waals surface area contributed by atoms with Gasteiger partial charge in [-0.05, 0) is 50.8 Å². The van der Waals surface area contributed by atoms with Crippen molar-refractivity contribution in [3.05, 3.63) is 29.5 Å². The molecule has 4 heterocycles. The first-order valence-corrected chi connectivity index (χ1v) is 10.6. The van der Waals surface area contributed by atoms with Gasteiger partial charge in [-0.1, -0.05) is 11.6 Å². The second kappa shape index (κ2) is 7.07. The summed E-state index contributed by atoms with van der Waals surface area (Å²) in [7, 11) is 0. The molecule has 0 bridgehead atoms. The van der Waals surface area contributed by atoms with E-state index >= 15 is 0 Å². The third-order valence-electron chi connectivity index (χ3n) is 6.41. The lowest BCUT2D eigenvalue weighted by molar-refractivity contribution is -0.127. The third kappa shape index (κ3) is 3.79. The second-order valence-corrected chi connectivity index (χ2v) is 9.48. The lowest BCUT2D eigenvalue weighted by Gasteiger charge is -2.55. The highest BCUT2D eigenvalue weighted by molar-refractivity contribution is 6.29. The fourth-order valence-corrected chi connectivity index (χ4v) is 4.65. The zero-order valence-corrected chi connectivity index (χ0v) is 17.3. The Morgan fingerprint density at radius 1 is 1.21 bits per heavy atom. The van der Waals surface area contributed by atoms with Crippen LogP contribution in [-0.4, -0.2) is 58.2 Å². The fourth-order valence-electron chi connectivity index (χ4n) is 4.49. The van der Waals surface area contributed by atoms with Crippen LogP contribution in [0.2, 0.25) is 5.15 Å². The largest absolute Gasteiger partial charge is 0.390 e. The smallest absolute Gasteiger partial charge is 0.151 e. The molecule has 2 N–H and O–H groups in total. The maximum absolute atomic E-state index is 10.2. The van der Waals surface area contributed by atoms with E-state index < -0.39 is 5.60 Å². The summed E-state index contributed by atoms with van der Waals surface area (Å²) in [5.74, 6) is 0.900. The molecule has 1 aliphatic carbocycles. The number of rotatable bonds is 4. The fraction of sp³-hybridized carbons (Fsp3) is 0.571. The number of nitrogens with one attached hydrogen (secondary N) is 1. The average molecular weight is 416 g/mol. The highest BCUT2D eigenvalue weighted by Crippen LogP contribution is 2.40. The SMILES string of the molecule is CC1(O)CCC(Nc2cc(Cl)ncc2-c2ccc(N3CC4(COC4)C3)nn2)CC1. The van der Waals surface area contributed by atoms with Crippen LogP contribution in [0.15, 0.2) is 24.4 Å². The summed E-state index contributed by atoms with van der Waals surface area (Å²) in [4.78, 5) is 6.49. The number of pyridine rings is 1. The van der Waals surface area contributed by atoms with Gasteiger partial charge in [-0.2, -0.15) is 0 Å². The van der Waals surface area contributed by atoms with Crippen LogP contribution >= 0.6 is 11.6 Å². The molecule has 2 aliphatic heterocycles. The van der Waals surface area contributed by atoms with Crippen molar-refractivity contribution in [1.82, 2.24) is 15.2 Å². The van der Waals surface area contributed by atoms with Crippen LogP contribution in [0.25, 0.3) is 11.3 Å². The molecular weight excluding hydrogens is 390 g/mol. The standard InChI is InChI=1S/C21H26ClN5O2/c1-20(28)6-4-14(5-7-20)24-17-8-18(22)23-9-15(17)16-2-3-19(26-25-16)27-10-21(11-27)12-29-13-21/h2-3,8-9,14,28H,4-7,10-13H2,1H3,(H,23,24). The van der Waals surface area contributed by atoms with Crippen molar-refractivity contribution in [2.24, 2.45) is 5.41 Å². The van der Waals surface area contributed by atoms with E-state index in [-0.39, 0.29) is 0 Å². The van der Waals surface area contributed by atoms with Crippen molar-refractivity contribution >= 4 is 23.1 Å². The molecule has 0 amide bonds. The Balaban J connectivity index is 1.31. The lowest BCUT2D eigenvalue weighted by Crippen LogP contribution is -2.66. The third-order valence-corrected chi connectivity index (χ3v) is 6.62. The Bertz CT molecular complexity index is 882. The zero-order valence-electron chi connectivity index (χ0n) is 16.6. The average Bonchev–Trinajstić information content (AvgIpc) is 2.62. The number of hydrogen-bond acceptors (Lipinski definition) is 7. The van der Waals surface area contributed by atoms with Gasteiger partial charge >= 0.3 is 0 Å². The molecule has 29 heavy (non-hydrogen) atoms. The van der Waals surface area contributed by atoms with E-state index in [1.807, 2.05) is 25.1 Å². The summed E-state index contributed by atoms with van der Waals surface area (Å²) in [5.41, 5.74) is 2.36. The highest BCUT2D eigenvalue weighted by Gasteiger charge is 2.49. The molecule has 0 aromatic carbocycles. The molecule has 3 fully saturated rings. The predicted octanol–water partition coefficient (Wildman–Crippen LogP) is 3.13. The monoisotopic (exact) mass is 415 g/mol. The minimum atomic E-state index is -0.556. The molecule has 1 spiro atoms. The van der Waals surface area contributed by atoms with Crippen LogP contribution in [0.5, 0.6) is 0 Å². The maximum atomic E-state index is 10.2. The van der Waals surface area contributed by atoms with Crippen LogP contribution in [0.4, 0.5) is 11.5 Å². The molecule has 8 heteroatoms. The molecular formula is C21H26ClN5O2. The molecule has 3 aliphatic rings. The number of nitrogens with zero attached hydrogens (tertiary/aromatic N) is 4. The first kappa shape index (κ1) is 19.0. The Morgan fingerprint density at radius 3 is 2.59 bits per heavy atom. The first-order valence-electron chi connectivity index (χ1n) is 10.2. The second-order valence-electron chi connectivity index (χ2n) is 9.09. The van der Waals surface area contributed by atoms with E-state index in [0.717, 1.165) is 74.7 Å². The topological polar surface area (TPSA) is 83.4 Å².